The van der Waals surface area contributed by atoms with Crippen LogP contribution in [0.4, 0.5) is 5.69 Å². The Morgan fingerprint density at radius 3 is 2.16 bits per heavy atom. The zero-order valence-electron chi connectivity index (χ0n) is 17.5. The molecule has 1 aliphatic rings. The molecule has 2 heterocycles. The molecule has 2 amide bonds. The van der Waals surface area contributed by atoms with Crippen LogP contribution in [0.1, 0.15) is 46.0 Å². The van der Waals surface area contributed by atoms with Crippen LogP contribution in [0.15, 0.2) is 48.7 Å². The maximum Gasteiger partial charge on any atom is 0.270 e. The van der Waals surface area contributed by atoms with Crippen molar-refractivity contribution in [1.29, 1.82) is 0 Å². The van der Waals surface area contributed by atoms with Crippen LogP contribution in [-0.2, 0) is 0 Å². The summed E-state index contributed by atoms with van der Waals surface area (Å²) in [6.07, 6.45) is 1.59. The molecule has 1 N–H and O–H groups in total. The molecule has 1 aromatic heterocycles. The van der Waals surface area contributed by atoms with Gasteiger partial charge in [-0.3, -0.25) is 19.7 Å². The van der Waals surface area contributed by atoms with Crippen LogP contribution < -0.4 is 0 Å². The Bertz CT molecular complexity index is 1140. The third kappa shape index (κ3) is 4.01. The van der Waals surface area contributed by atoms with Gasteiger partial charge in [-0.05, 0) is 29.7 Å². The SMILES string of the molecule is CC(C)c1ccc(C(=O)N2CCN(C(=O)c3c[nH]c4ccc([N+](=O)[O-])cc34)CC2)cc1. The van der Waals surface area contributed by atoms with Gasteiger partial charge in [0.1, 0.15) is 0 Å². The van der Waals surface area contributed by atoms with E-state index in [9.17, 15) is 19.7 Å². The minimum absolute atomic E-state index is 0.0369. The topological polar surface area (TPSA) is 99.6 Å². The predicted molar refractivity (Wildman–Crippen MR) is 117 cm³/mol. The van der Waals surface area contributed by atoms with Crippen LogP contribution in [0.3, 0.4) is 0 Å². The van der Waals surface area contributed by atoms with Gasteiger partial charge in [-0.1, -0.05) is 26.0 Å². The molecule has 8 heteroatoms. The van der Waals surface area contributed by atoms with Crippen LogP contribution in [0.5, 0.6) is 0 Å². The third-order valence-electron chi connectivity index (χ3n) is 5.78. The number of amides is 2. The molecule has 1 aliphatic heterocycles. The van der Waals surface area contributed by atoms with Crippen LogP contribution in [0, 0.1) is 10.1 Å². The second-order valence-corrected chi connectivity index (χ2v) is 8.05. The summed E-state index contributed by atoms with van der Waals surface area (Å²) in [6, 6.07) is 12.1. The van der Waals surface area contributed by atoms with Gasteiger partial charge < -0.3 is 14.8 Å². The molecule has 1 saturated heterocycles. The van der Waals surface area contributed by atoms with Crippen molar-refractivity contribution < 1.29 is 14.5 Å². The normalized spacial score (nSPS) is 14.3. The lowest BCUT2D eigenvalue weighted by Gasteiger charge is -2.34. The summed E-state index contributed by atoms with van der Waals surface area (Å²) in [5, 5.41) is 11.6. The van der Waals surface area contributed by atoms with E-state index in [0.29, 0.717) is 54.1 Å². The average molecular weight is 420 g/mol. The third-order valence-corrected chi connectivity index (χ3v) is 5.78. The largest absolute Gasteiger partial charge is 0.360 e. The van der Waals surface area contributed by atoms with E-state index in [4.69, 9.17) is 0 Å². The number of hydrogen-bond donors (Lipinski definition) is 1. The Morgan fingerprint density at radius 1 is 0.968 bits per heavy atom. The van der Waals surface area contributed by atoms with E-state index in [-0.39, 0.29) is 17.5 Å². The van der Waals surface area contributed by atoms with Crippen molar-refractivity contribution in [3.8, 4) is 0 Å². The molecule has 160 valence electrons. The number of aromatic nitrogens is 1. The lowest BCUT2D eigenvalue weighted by Crippen LogP contribution is -2.50. The number of benzene rings is 2. The first-order chi connectivity index (χ1) is 14.8. The molecular formula is C23H24N4O4. The smallest absolute Gasteiger partial charge is 0.270 e. The number of carbonyl (C=O) groups excluding carboxylic acids is 2. The van der Waals surface area contributed by atoms with Gasteiger partial charge in [0.05, 0.1) is 10.5 Å². The van der Waals surface area contributed by atoms with Crippen LogP contribution >= 0.6 is 0 Å². The number of H-pyrrole nitrogens is 1. The fourth-order valence-corrected chi connectivity index (χ4v) is 3.88. The molecule has 0 spiro atoms. The highest BCUT2D eigenvalue weighted by Gasteiger charge is 2.27. The van der Waals surface area contributed by atoms with Gasteiger partial charge in [-0.2, -0.15) is 0 Å². The molecule has 3 aromatic rings. The number of piperazine rings is 1. The van der Waals surface area contributed by atoms with Gasteiger partial charge in [0, 0.05) is 61.0 Å². The zero-order valence-corrected chi connectivity index (χ0v) is 17.5. The molecule has 0 bridgehead atoms. The van der Waals surface area contributed by atoms with E-state index in [1.54, 1.807) is 22.1 Å². The molecule has 4 rings (SSSR count). The summed E-state index contributed by atoms with van der Waals surface area (Å²) in [4.78, 5) is 42.9. The first-order valence-electron chi connectivity index (χ1n) is 10.3. The standard InChI is InChI=1S/C23H24N4O4/c1-15(2)16-3-5-17(6-4-16)22(28)25-9-11-26(12-10-25)23(29)20-14-24-21-8-7-18(27(30)31)13-19(20)21/h3-8,13-15,24H,9-12H2,1-2H3. The van der Waals surface area contributed by atoms with Gasteiger partial charge in [0.2, 0.25) is 0 Å². The molecular weight excluding hydrogens is 396 g/mol. The fraction of sp³-hybridized carbons (Fsp3) is 0.304. The van der Waals surface area contributed by atoms with Gasteiger partial charge in [-0.25, -0.2) is 0 Å². The highest BCUT2D eigenvalue weighted by atomic mass is 16.6. The van der Waals surface area contributed by atoms with E-state index >= 15 is 0 Å². The lowest BCUT2D eigenvalue weighted by molar-refractivity contribution is -0.384. The van der Waals surface area contributed by atoms with Gasteiger partial charge in [-0.15, -0.1) is 0 Å². The number of rotatable bonds is 4. The van der Waals surface area contributed by atoms with Crippen LogP contribution in [-0.4, -0.2) is 57.7 Å². The Morgan fingerprint density at radius 2 is 1.58 bits per heavy atom. The number of nitrogens with one attached hydrogen (secondary N) is 1. The summed E-state index contributed by atoms with van der Waals surface area (Å²) >= 11 is 0. The second-order valence-electron chi connectivity index (χ2n) is 8.05. The van der Waals surface area contributed by atoms with Gasteiger partial charge in [0.25, 0.3) is 17.5 Å². The summed E-state index contributed by atoms with van der Waals surface area (Å²) in [5.74, 6) is 0.176. The van der Waals surface area contributed by atoms with E-state index in [0.717, 1.165) is 0 Å². The number of fused-ring (bicyclic) bond motifs is 1. The van der Waals surface area contributed by atoms with Crippen molar-refractivity contribution in [1.82, 2.24) is 14.8 Å². The summed E-state index contributed by atoms with van der Waals surface area (Å²) in [6.45, 7) is 5.93. The molecule has 1 fully saturated rings. The average Bonchev–Trinajstić information content (AvgIpc) is 3.21. The minimum atomic E-state index is -0.473. The van der Waals surface area contributed by atoms with Crippen molar-refractivity contribution in [2.24, 2.45) is 0 Å². The molecule has 31 heavy (non-hydrogen) atoms. The number of aromatic amines is 1. The Kier molecular flexibility index (Phi) is 5.46. The Hall–Kier alpha value is -3.68. The number of nitro groups is 1. The monoisotopic (exact) mass is 420 g/mol. The summed E-state index contributed by atoms with van der Waals surface area (Å²) in [5.41, 5.74) is 2.86. The quantitative estimate of drug-likeness (QED) is 0.513. The lowest BCUT2D eigenvalue weighted by atomic mass is 10.0. The number of nitrogens with zero attached hydrogens (tertiary/aromatic N) is 3. The maximum absolute atomic E-state index is 13.0. The van der Waals surface area contributed by atoms with Crippen molar-refractivity contribution >= 4 is 28.4 Å². The zero-order chi connectivity index (χ0) is 22.1. The molecule has 0 unspecified atom stereocenters. The van der Waals surface area contributed by atoms with Crippen molar-refractivity contribution in [3.63, 3.8) is 0 Å². The van der Waals surface area contributed by atoms with E-state index < -0.39 is 4.92 Å². The molecule has 2 aromatic carbocycles. The van der Waals surface area contributed by atoms with Crippen molar-refractivity contribution in [3.05, 3.63) is 75.5 Å². The van der Waals surface area contributed by atoms with E-state index in [1.165, 1.54) is 17.7 Å². The molecule has 0 radical (unpaired) electrons. The number of hydrogen-bond acceptors (Lipinski definition) is 4. The Labute approximate surface area is 179 Å². The highest BCUT2D eigenvalue weighted by Crippen LogP contribution is 2.25. The van der Waals surface area contributed by atoms with E-state index in [1.807, 2.05) is 24.3 Å². The summed E-state index contributed by atoms with van der Waals surface area (Å²) in [7, 11) is 0. The van der Waals surface area contributed by atoms with Crippen molar-refractivity contribution in [2.45, 2.75) is 19.8 Å². The molecule has 0 aliphatic carbocycles. The number of nitro benzene ring substituents is 1. The van der Waals surface area contributed by atoms with Crippen LogP contribution in [0.2, 0.25) is 0 Å². The number of non-ortho nitro benzene ring substituents is 1. The summed E-state index contributed by atoms with van der Waals surface area (Å²) < 4.78 is 0. The minimum Gasteiger partial charge on any atom is -0.360 e. The number of carbonyl (C=O) groups is 2. The fourth-order valence-electron chi connectivity index (χ4n) is 3.88. The van der Waals surface area contributed by atoms with Gasteiger partial charge >= 0.3 is 0 Å². The Balaban J connectivity index is 1.44. The van der Waals surface area contributed by atoms with Crippen molar-refractivity contribution in [2.75, 3.05) is 26.2 Å². The predicted octanol–water partition coefficient (Wildman–Crippen LogP) is 3.80. The van der Waals surface area contributed by atoms with Crippen LogP contribution in [0.25, 0.3) is 10.9 Å². The van der Waals surface area contributed by atoms with E-state index in [2.05, 4.69) is 18.8 Å². The molecule has 0 saturated carbocycles. The molecule has 0 atom stereocenters. The highest BCUT2D eigenvalue weighted by molar-refractivity contribution is 6.07. The second kappa shape index (κ2) is 8.22. The van der Waals surface area contributed by atoms with Gasteiger partial charge in [0.15, 0.2) is 0 Å². The first kappa shape index (κ1) is 20.6. The maximum atomic E-state index is 13.0. The first-order valence-corrected chi connectivity index (χ1v) is 10.3. The molecule has 8 nitrogen and oxygen atoms in total.